The summed E-state index contributed by atoms with van der Waals surface area (Å²) in [6.07, 6.45) is 3.94. The first-order valence-electron chi connectivity index (χ1n) is 7.65. The highest BCUT2D eigenvalue weighted by Gasteiger charge is 2.31. The molecule has 2 heterocycles. The molecular formula is C15H23N3O4S. The molecule has 1 aromatic rings. The van der Waals surface area contributed by atoms with Crippen molar-refractivity contribution in [2.24, 2.45) is 5.92 Å². The molecule has 2 rings (SSSR count). The fourth-order valence-corrected chi connectivity index (χ4v) is 4.01. The molecule has 0 aliphatic carbocycles. The molecule has 1 fully saturated rings. The summed E-state index contributed by atoms with van der Waals surface area (Å²) in [4.78, 5) is 21.3. The third kappa shape index (κ3) is 5.16. The van der Waals surface area contributed by atoms with E-state index in [9.17, 15) is 13.2 Å². The van der Waals surface area contributed by atoms with Crippen molar-refractivity contribution in [3.8, 4) is 0 Å². The van der Waals surface area contributed by atoms with Gasteiger partial charge in [-0.25, -0.2) is 23.2 Å². The zero-order valence-corrected chi connectivity index (χ0v) is 14.5. The van der Waals surface area contributed by atoms with Gasteiger partial charge in [0.15, 0.2) is 0 Å². The van der Waals surface area contributed by atoms with Crippen LogP contribution < -0.4 is 0 Å². The summed E-state index contributed by atoms with van der Waals surface area (Å²) >= 11 is 0. The van der Waals surface area contributed by atoms with Crippen LogP contribution in [-0.2, 0) is 14.6 Å². The molecule has 0 bridgehead atoms. The number of carbonyl (C=O) groups is 1. The van der Waals surface area contributed by atoms with Gasteiger partial charge in [-0.3, -0.25) is 0 Å². The predicted molar refractivity (Wildman–Crippen MR) is 84.6 cm³/mol. The number of rotatable bonds is 3. The lowest BCUT2D eigenvalue weighted by Crippen LogP contribution is -2.44. The van der Waals surface area contributed by atoms with E-state index in [0.717, 1.165) is 12.8 Å². The van der Waals surface area contributed by atoms with Crippen LogP contribution in [0.4, 0.5) is 4.79 Å². The minimum atomic E-state index is -3.55. The molecule has 1 saturated heterocycles. The van der Waals surface area contributed by atoms with E-state index in [2.05, 4.69) is 9.97 Å². The van der Waals surface area contributed by atoms with Crippen molar-refractivity contribution in [2.45, 2.75) is 44.4 Å². The van der Waals surface area contributed by atoms with Crippen molar-refractivity contribution < 1.29 is 17.9 Å². The summed E-state index contributed by atoms with van der Waals surface area (Å²) in [5, 5.41) is -0.158. The van der Waals surface area contributed by atoms with Crippen LogP contribution in [0.25, 0.3) is 0 Å². The van der Waals surface area contributed by atoms with E-state index in [1.54, 1.807) is 11.0 Å². The van der Waals surface area contributed by atoms with E-state index in [4.69, 9.17) is 4.74 Å². The summed E-state index contributed by atoms with van der Waals surface area (Å²) in [5.41, 5.74) is -0.562. The molecule has 128 valence electrons. The highest BCUT2D eigenvalue weighted by molar-refractivity contribution is 7.91. The first-order chi connectivity index (χ1) is 10.7. The van der Waals surface area contributed by atoms with Crippen LogP contribution in [-0.4, -0.2) is 53.8 Å². The lowest BCUT2D eigenvalue weighted by atomic mass is 10.0. The monoisotopic (exact) mass is 341 g/mol. The molecule has 1 aliphatic rings. The number of aromatic nitrogens is 2. The quantitative estimate of drug-likeness (QED) is 0.780. The number of piperidine rings is 1. The lowest BCUT2D eigenvalue weighted by Gasteiger charge is -2.33. The van der Waals surface area contributed by atoms with Gasteiger partial charge < -0.3 is 9.64 Å². The number of carbonyl (C=O) groups excluding carboxylic acids is 1. The van der Waals surface area contributed by atoms with Crippen LogP contribution in [0.1, 0.15) is 33.6 Å². The number of hydrogen-bond acceptors (Lipinski definition) is 6. The van der Waals surface area contributed by atoms with Crippen molar-refractivity contribution in [2.75, 3.05) is 18.8 Å². The second kappa shape index (κ2) is 6.82. The molecule has 0 unspecified atom stereocenters. The Kier molecular flexibility index (Phi) is 5.23. The lowest BCUT2D eigenvalue weighted by molar-refractivity contribution is 0.0176. The normalized spacial score (nSPS) is 19.4. The average Bonchev–Trinajstić information content (AvgIpc) is 2.46. The van der Waals surface area contributed by atoms with Gasteiger partial charge in [0.2, 0.25) is 15.0 Å². The third-order valence-electron chi connectivity index (χ3n) is 3.45. The standard InChI is InChI=1S/C15H23N3O4S/c1-15(2,3)22-14(19)18-9-4-6-12(10-18)11-23(20,21)13-16-7-5-8-17-13/h5,7-8,12H,4,6,9-11H2,1-3H3/t12-/m1/s1. The summed E-state index contributed by atoms with van der Waals surface area (Å²) < 4.78 is 30.0. The zero-order chi connectivity index (χ0) is 17.1. The molecule has 1 aliphatic heterocycles. The Morgan fingerprint density at radius 2 is 2.00 bits per heavy atom. The van der Waals surface area contributed by atoms with Crippen molar-refractivity contribution >= 4 is 15.9 Å². The summed E-state index contributed by atoms with van der Waals surface area (Å²) in [6, 6.07) is 1.57. The van der Waals surface area contributed by atoms with Gasteiger partial charge in [-0.1, -0.05) is 0 Å². The molecule has 0 radical (unpaired) electrons. The van der Waals surface area contributed by atoms with E-state index in [1.165, 1.54) is 12.4 Å². The van der Waals surface area contributed by atoms with E-state index in [0.29, 0.717) is 13.1 Å². The Hall–Kier alpha value is -1.70. The topological polar surface area (TPSA) is 89.5 Å². The number of hydrogen-bond donors (Lipinski definition) is 0. The fraction of sp³-hybridized carbons (Fsp3) is 0.667. The molecular weight excluding hydrogens is 318 g/mol. The van der Waals surface area contributed by atoms with Crippen molar-refractivity contribution in [3.63, 3.8) is 0 Å². The van der Waals surface area contributed by atoms with Crippen LogP contribution in [0.15, 0.2) is 23.6 Å². The Morgan fingerprint density at radius 1 is 1.35 bits per heavy atom. The van der Waals surface area contributed by atoms with Crippen LogP contribution >= 0.6 is 0 Å². The van der Waals surface area contributed by atoms with Gasteiger partial charge in [0.05, 0.1) is 5.75 Å². The van der Waals surface area contributed by atoms with Gasteiger partial charge in [-0.2, -0.15) is 0 Å². The van der Waals surface area contributed by atoms with Crippen molar-refractivity contribution in [1.82, 2.24) is 14.9 Å². The van der Waals surface area contributed by atoms with E-state index in [-0.39, 0.29) is 16.8 Å². The minimum absolute atomic E-state index is 0.0592. The fourth-order valence-electron chi connectivity index (χ4n) is 2.52. The molecule has 1 amide bonds. The SMILES string of the molecule is CC(C)(C)OC(=O)N1CCC[C@@H](CS(=O)(=O)c2ncccn2)C1. The smallest absolute Gasteiger partial charge is 0.410 e. The number of likely N-dealkylation sites (tertiary alicyclic amines) is 1. The Bertz CT molecular complexity index is 640. The number of ether oxygens (including phenoxy) is 1. The molecule has 0 saturated carbocycles. The molecule has 1 aromatic heterocycles. The maximum absolute atomic E-state index is 12.3. The van der Waals surface area contributed by atoms with E-state index < -0.39 is 21.5 Å². The molecule has 1 atom stereocenters. The van der Waals surface area contributed by atoms with Crippen LogP contribution in [0, 0.1) is 5.92 Å². The Balaban J connectivity index is 2.00. The molecule has 0 N–H and O–H groups in total. The van der Waals surface area contributed by atoms with Crippen molar-refractivity contribution in [1.29, 1.82) is 0 Å². The van der Waals surface area contributed by atoms with Crippen LogP contribution in [0.5, 0.6) is 0 Å². The molecule has 0 spiro atoms. The highest BCUT2D eigenvalue weighted by atomic mass is 32.2. The number of amides is 1. The van der Waals surface area contributed by atoms with Gasteiger partial charge in [0, 0.05) is 25.5 Å². The molecule has 23 heavy (non-hydrogen) atoms. The molecule has 8 heteroatoms. The van der Waals surface area contributed by atoms with Crippen molar-refractivity contribution in [3.05, 3.63) is 18.5 Å². The predicted octanol–water partition coefficient (Wildman–Crippen LogP) is 1.90. The molecule has 7 nitrogen and oxygen atoms in total. The Labute approximate surface area is 137 Å². The first-order valence-corrected chi connectivity index (χ1v) is 9.30. The summed E-state index contributed by atoms with van der Waals surface area (Å²) in [5.74, 6) is -0.193. The second-order valence-electron chi connectivity index (χ2n) is 6.75. The summed E-state index contributed by atoms with van der Waals surface area (Å²) in [7, 11) is -3.55. The Morgan fingerprint density at radius 3 is 2.61 bits per heavy atom. The van der Waals surface area contributed by atoms with Gasteiger partial charge >= 0.3 is 6.09 Å². The number of nitrogens with zero attached hydrogens (tertiary/aromatic N) is 3. The average molecular weight is 341 g/mol. The van der Waals surface area contributed by atoms with Gasteiger partial charge in [-0.15, -0.1) is 0 Å². The van der Waals surface area contributed by atoms with Gasteiger partial charge in [-0.05, 0) is 45.6 Å². The van der Waals surface area contributed by atoms with Gasteiger partial charge in [0.1, 0.15) is 5.60 Å². The zero-order valence-electron chi connectivity index (χ0n) is 13.7. The molecule has 0 aromatic carbocycles. The van der Waals surface area contributed by atoms with E-state index in [1.807, 2.05) is 20.8 Å². The van der Waals surface area contributed by atoms with Crippen LogP contribution in [0.3, 0.4) is 0 Å². The second-order valence-corrected chi connectivity index (χ2v) is 8.68. The van der Waals surface area contributed by atoms with E-state index >= 15 is 0 Å². The summed E-state index contributed by atoms with van der Waals surface area (Å²) in [6.45, 7) is 6.39. The number of sulfone groups is 1. The van der Waals surface area contributed by atoms with Crippen LogP contribution in [0.2, 0.25) is 0 Å². The van der Waals surface area contributed by atoms with Gasteiger partial charge in [0.25, 0.3) is 0 Å². The minimum Gasteiger partial charge on any atom is -0.444 e. The first kappa shape index (κ1) is 17.7. The maximum Gasteiger partial charge on any atom is 0.410 e. The highest BCUT2D eigenvalue weighted by Crippen LogP contribution is 2.22. The largest absolute Gasteiger partial charge is 0.444 e. The third-order valence-corrected chi connectivity index (χ3v) is 5.12. The maximum atomic E-state index is 12.3.